The molecule has 62 valence electrons. The van der Waals surface area contributed by atoms with E-state index in [1.54, 1.807) is 0 Å². The summed E-state index contributed by atoms with van der Waals surface area (Å²) in [4.78, 5) is 5.56. The Morgan fingerprint density at radius 3 is 2.67 bits per heavy atom. The molecule has 1 aromatic carbocycles. The Balaban J connectivity index is 2.00. The number of hydrogen-bond donors (Lipinski definition) is 0. The van der Waals surface area contributed by atoms with Crippen LogP contribution in [0.15, 0.2) is 30.3 Å². The van der Waals surface area contributed by atoms with E-state index in [-0.39, 0.29) is 5.72 Å². The van der Waals surface area contributed by atoms with Gasteiger partial charge in [-0.3, -0.25) is 4.84 Å². The van der Waals surface area contributed by atoms with Crippen LogP contribution in [0, 0.1) is 0 Å². The van der Waals surface area contributed by atoms with Gasteiger partial charge in [-0.25, -0.2) is 0 Å². The highest BCUT2D eigenvalue weighted by molar-refractivity contribution is 5.25. The molecule has 0 spiro atoms. The van der Waals surface area contributed by atoms with Crippen LogP contribution in [0.4, 0.5) is 0 Å². The van der Waals surface area contributed by atoms with Crippen molar-refractivity contribution in [1.29, 1.82) is 0 Å². The topological polar surface area (TPSA) is 15.5 Å². The van der Waals surface area contributed by atoms with Gasteiger partial charge < -0.3 is 0 Å². The fourth-order valence-electron chi connectivity index (χ4n) is 2.06. The molecule has 12 heavy (non-hydrogen) atoms. The van der Waals surface area contributed by atoms with Crippen molar-refractivity contribution in [3.63, 3.8) is 0 Å². The van der Waals surface area contributed by atoms with E-state index in [0.717, 1.165) is 13.0 Å². The molecule has 3 rings (SSSR count). The number of nitrogens with zero attached hydrogens (tertiary/aromatic N) is 1. The van der Waals surface area contributed by atoms with E-state index in [9.17, 15) is 0 Å². The van der Waals surface area contributed by atoms with Crippen LogP contribution in [-0.4, -0.2) is 11.6 Å². The van der Waals surface area contributed by atoms with Gasteiger partial charge in [0, 0.05) is 12.1 Å². The third-order valence-electron chi connectivity index (χ3n) is 2.73. The molecule has 1 aromatic rings. The van der Waals surface area contributed by atoms with Crippen molar-refractivity contribution in [1.82, 2.24) is 5.06 Å². The van der Waals surface area contributed by atoms with Crippen molar-refractivity contribution in [2.24, 2.45) is 0 Å². The van der Waals surface area contributed by atoms with Crippen molar-refractivity contribution in [2.45, 2.75) is 18.6 Å². The van der Waals surface area contributed by atoms with Crippen LogP contribution in [0.25, 0.3) is 0 Å². The van der Waals surface area contributed by atoms with Gasteiger partial charge in [0.1, 0.15) is 0 Å². The first-order valence-electron chi connectivity index (χ1n) is 4.44. The zero-order valence-corrected chi connectivity index (χ0v) is 6.86. The van der Waals surface area contributed by atoms with Crippen LogP contribution < -0.4 is 0 Å². The smallest absolute Gasteiger partial charge is 0.190 e. The quantitative estimate of drug-likeness (QED) is 0.584. The normalized spacial score (nSPS) is 37.8. The predicted molar refractivity (Wildman–Crippen MR) is 45.1 cm³/mol. The fourth-order valence-corrected chi connectivity index (χ4v) is 2.06. The molecule has 0 aromatic heterocycles. The largest absolute Gasteiger partial charge is 0.266 e. The van der Waals surface area contributed by atoms with E-state index in [1.807, 2.05) is 6.07 Å². The van der Waals surface area contributed by atoms with Crippen LogP contribution >= 0.6 is 0 Å². The second-order valence-electron chi connectivity index (χ2n) is 3.45. The zero-order chi connectivity index (χ0) is 8.02. The minimum atomic E-state index is -0.0126. The van der Waals surface area contributed by atoms with E-state index < -0.39 is 0 Å². The summed E-state index contributed by atoms with van der Waals surface area (Å²) in [6.45, 7) is 1.09. The Hall–Kier alpha value is -0.860. The van der Waals surface area contributed by atoms with Crippen LogP contribution in [0.5, 0.6) is 0 Å². The standard InChI is InChI=1S/C10H11NO/c1-2-5-9(6-3-1)10-7-4-8-11(10)12-10/h1-3,5-6H,4,7-8H2. The van der Waals surface area contributed by atoms with E-state index in [2.05, 4.69) is 29.3 Å². The number of benzene rings is 1. The first-order valence-corrected chi connectivity index (χ1v) is 4.44. The molecule has 0 N–H and O–H groups in total. The highest BCUT2D eigenvalue weighted by Crippen LogP contribution is 2.52. The van der Waals surface area contributed by atoms with Crippen molar-refractivity contribution in [3.05, 3.63) is 35.9 Å². The average Bonchev–Trinajstić information content (AvgIpc) is 2.72. The van der Waals surface area contributed by atoms with Gasteiger partial charge in [-0.1, -0.05) is 30.3 Å². The minimum absolute atomic E-state index is 0.0126. The average molecular weight is 161 g/mol. The van der Waals surface area contributed by atoms with Crippen LogP contribution in [0.2, 0.25) is 0 Å². The molecule has 2 unspecified atom stereocenters. The van der Waals surface area contributed by atoms with Gasteiger partial charge in [0.05, 0.1) is 0 Å². The second-order valence-corrected chi connectivity index (χ2v) is 3.45. The third-order valence-corrected chi connectivity index (χ3v) is 2.73. The Bertz CT molecular complexity index is 298. The van der Waals surface area contributed by atoms with Crippen molar-refractivity contribution >= 4 is 0 Å². The molecule has 0 saturated carbocycles. The molecule has 2 heterocycles. The lowest BCUT2D eigenvalue weighted by Crippen LogP contribution is -2.07. The number of hydroxylamine groups is 2. The van der Waals surface area contributed by atoms with Gasteiger partial charge in [-0.05, 0) is 12.8 Å². The molecule has 0 aliphatic carbocycles. The summed E-state index contributed by atoms with van der Waals surface area (Å²) in [6, 6.07) is 10.5. The number of hydrogen-bond acceptors (Lipinski definition) is 2. The summed E-state index contributed by atoms with van der Waals surface area (Å²) >= 11 is 0. The Morgan fingerprint density at radius 1 is 1.25 bits per heavy atom. The first-order chi connectivity index (χ1) is 5.92. The molecular weight excluding hydrogens is 150 g/mol. The molecule has 2 aliphatic rings. The molecule has 2 heteroatoms. The zero-order valence-electron chi connectivity index (χ0n) is 6.86. The van der Waals surface area contributed by atoms with Gasteiger partial charge in [-0.2, -0.15) is 0 Å². The van der Waals surface area contributed by atoms with Crippen molar-refractivity contribution in [3.8, 4) is 0 Å². The lowest BCUT2D eigenvalue weighted by atomic mass is 10.0. The summed E-state index contributed by atoms with van der Waals surface area (Å²) < 4.78 is 0. The van der Waals surface area contributed by atoms with E-state index in [4.69, 9.17) is 4.84 Å². The summed E-state index contributed by atoms with van der Waals surface area (Å²) in [5.41, 5.74) is 1.30. The lowest BCUT2D eigenvalue weighted by Gasteiger charge is -2.04. The maximum absolute atomic E-state index is 5.56. The number of rotatable bonds is 1. The molecule has 2 saturated heterocycles. The lowest BCUT2D eigenvalue weighted by molar-refractivity contribution is 0.169. The first kappa shape index (κ1) is 6.63. The highest BCUT2D eigenvalue weighted by Gasteiger charge is 2.59. The molecular formula is C10H11NO. The van der Waals surface area contributed by atoms with E-state index in [0.29, 0.717) is 0 Å². The maximum atomic E-state index is 5.56. The van der Waals surface area contributed by atoms with E-state index in [1.165, 1.54) is 12.0 Å². The molecule has 2 atom stereocenters. The van der Waals surface area contributed by atoms with Gasteiger partial charge in [0.2, 0.25) is 0 Å². The Labute approximate surface area is 71.7 Å². The molecule has 2 nitrogen and oxygen atoms in total. The molecule has 2 aliphatic heterocycles. The SMILES string of the molecule is c1ccc(C23CCCN2O3)cc1. The highest BCUT2D eigenvalue weighted by atomic mass is 16.9. The van der Waals surface area contributed by atoms with Crippen LogP contribution in [0.3, 0.4) is 0 Å². The number of fused-ring (bicyclic) bond motifs is 1. The molecule has 0 bridgehead atoms. The van der Waals surface area contributed by atoms with Crippen molar-refractivity contribution in [2.75, 3.05) is 6.54 Å². The second kappa shape index (κ2) is 2.09. The summed E-state index contributed by atoms with van der Waals surface area (Å²) in [5.74, 6) is 0. The predicted octanol–water partition coefficient (Wildman–Crippen LogP) is 1.88. The third kappa shape index (κ3) is 0.713. The maximum Gasteiger partial charge on any atom is 0.190 e. The van der Waals surface area contributed by atoms with Crippen LogP contribution in [0.1, 0.15) is 18.4 Å². The summed E-state index contributed by atoms with van der Waals surface area (Å²) in [5, 5.41) is 2.09. The summed E-state index contributed by atoms with van der Waals surface area (Å²) in [6.07, 6.45) is 2.41. The molecule has 2 fully saturated rings. The minimum Gasteiger partial charge on any atom is -0.266 e. The monoisotopic (exact) mass is 161 g/mol. The van der Waals surface area contributed by atoms with Gasteiger partial charge in [0.15, 0.2) is 5.72 Å². The fraction of sp³-hybridized carbons (Fsp3) is 0.400. The molecule has 0 radical (unpaired) electrons. The van der Waals surface area contributed by atoms with Gasteiger partial charge in [0.25, 0.3) is 0 Å². The summed E-state index contributed by atoms with van der Waals surface area (Å²) in [7, 11) is 0. The van der Waals surface area contributed by atoms with E-state index >= 15 is 0 Å². The van der Waals surface area contributed by atoms with Crippen molar-refractivity contribution < 1.29 is 4.84 Å². The van der Waals surface area contributed by atoms with Crippen LogP contribution in [-0.2, 0) is 10.6 Å². The van der Waals surface area contributed by atoms with Gasteiger partial charge in [-0.15, -0.1) is 5.06 Å². The Morgan fingerprint density at radius 2 is 2.08 bits per heavy atom. The van der Waals surface area contributed by atoms with Gasteiger partial charge >= 0.3 is 0 Å². The molecule has 0 amide bonds. The Kier molecular flexibility index (Phi) is 1.15.